The van der Waals surface area contributed by atoms with Gasteiger partial charge in [0.2, 0.25) is 5.95 Å². The van der Waals surface area contributed by atoms with Crippen LogP contribution in [-0.4, -0.2) is 9.55 Å². The predicted octanol–water partition coefficient (Wildman–Crippen LogP) is 4.30. The molecule has 0 bridgehead atoms. The molecule has 2 aromatic carbocycles. The van der Waals surface area contributed by atoms with Gasteiger partial charge in [0.05, 0.1) is 16.1 Å². The summed E-state index contributed by atoms with van der Waals surface area (Å²) in [6.45, 7) is 0. The van der Waals surface area contributed by atoms with Crippen LogP contribution in [0.1, 0.15) is 0 Å². The molecule has 0 unspecified atom stereocenters. The van der Waals surface area contributed by atoms with E-state index in [1.807, 2.05) is 0 Å². The summed E-state index contributed by atoms with van der Waals surface area (Å²) in [7, 11) is 0. The Hall–Kier alpha value is -1.66. The molecule has 0 spiro atoms. The number of benzene rings is 2. The lowest BCUT2D eigenvalue weighted by atomic mass is 10.2. The summed E-state index contributed by atoms with van der Waals surface area (Å²) >= 11 is 9.12. The molecule has 0 aliphatic heterocycles. The number of nitrogens with zero attached hydrogens (tertiary/aromatic N) is 2. The molecule has 3 nitrogen and oxygen atoms in total. The van der Waals surface area contributed by atoms with Crippen molar-refractivity contribution in [1.29, 1.82) is 0 Å². The summed E-state index contributed by atoms with van der Waals surface area (Å²) in [5.41, 5.74) is 6.31. The molecule has 0 atom stereocenters. The van der Waals surface area contributed by atoms with Crippen LogP contribution in [0.2, 0.25) is 5.02 Å². The van der Waals surface area contributed by atoms with E-state index in [4.69, 9.17) is 17.3 Å². The number of fused-ring (bicyclic) bond motifs is 1. The van der Waals surface area contributed by atoms with Crippen molar-refractivity contribution in [2.75, 3.05) is 5.73 Å². The minimum Gasteiger partial charge on any atom is -0.369 e. The third-order valence-electron chi connectivity index (χ3n) is 2.86. The summed E-state index contributed by atoms with van der Waals surface area (Å²) in [5.74, 6) is -1.56. The average molecular weight is 359 g/mol. The highest BCUT2D eigenvalue weighted by Gasteiger charge is 2.19. The highest BCUT2D eigenvalue weighted by atomic mass is 79.9. The molecule has 3 aromatic rings. The van der Waals surface area contributed by atoms with Gasteiger partial charge in [-0.1, -0.05) is 33.6 Å². The van der Waals surface area contributed by atoms with Crippen LogP contribution < -0.4 is 5.73 Å². The van der Waals surface area contributed by atoms with Gasteiger partial charge in [0.1, 0.15) is 5.69 Å². The van der Waals surface area contributed by atoms with Crippen LogP contribution >= 0.6 is 27.5 Å². The molecule has 0 saturated carbocycles. The number of para-hydroxylation sites is 1. The molecular formula is C13H7BrClF2N3. The van der Waals surface area contributed by atoms with E-state index in [-0.39, 0.29) is 11.6 Å². The Morgan fingerprint density at radius 3 is 2.50 bits per heavy atom. The van der Waals surface area contributed by atoms with Gasteiger partial charge in [-0.2, -0.15) is 0 Å². The molecule has 7 heteroatoms. The SMILES string of the molecule is Nc1nc2cccc(Cl)c2n1-c1c(F)cc(Br)cc1F. The summed E-state index contributed by atoms with van der Waals surface area (Å²) in [6, 6.07) is 7.27. The first-order valence-corrected chi connectivity index (χ1v) is 6.73. The molecule has 102 valence electrons. The van der Waals surface area contributed by atoms with Crippen LogP contribution in [0.4, 0.5) is 14.7 Å². The Bertz CT molecular complexity index is 809. The molecule has 2 N–H and O–H groups in total. The number of hydrogen-bond acceptors (Lipinski definition) is 2. The first-order valence-electron chi connectivity index (χ1n) is 5.56. The third kappa shape index (κ3) is 1.96. The van der Waals surface area contributed by atoms with Crippen LogP contribution in [-0.2, 0) is 0 Å². The predicted molar refractivity (Wildman–Crippen MR) is 78.1 cm³/mol. The molecule has 0 aliphatic rings. The molecule has 0 fully saturated rings. The van der Waals surface area contributed by atoms with E-state index in [9.17, 15) is 8.78 Å². The van der Waals surface area contributed by atoms with Gasteiger partial charge in [0.15, 0.2) is 11.6 Å². The molecule has 20 heavy (non-hydrogen) atoms. The standard InChI is InChI=1S/C13H7BrClF2N3/c14-6-4-8(16)12(9(17)5-6)20-11-7(15)2-1-3-10(11)19-13(20)18/h1-5H,(H2,18,19). The van der Waals surface area contributed by atoms with Crippen LogP contribution in [0.3, 0.4) is 0 Å². The number of hydrogen-bond donors (Lipinski definition) is 1. The highest BCUT2D eigenvalue weighted by molar-refractivity contribution is 9.10. The fraction of sp³-hybridized carbons (Fsp3) is 0. The van der Waals surface area contributed by atoms with Gasteiger partial charge in [-0.3, -0.25) is 4.57 Å². The van der Waals surface area contributed by atoms with Gasteiger partial charge < -0.3 is 5.73 Å². The lowest BCUT2D eigenvalue weighted by Crippen LogP contribution is -2.06. The number of rotatable bonds is 1. The molecular weight excluding hydrogens is 352 g/mol. The third-order valence-corrected chi connectivity index (χ3v) is 3.62. The van der Waals surface area contributed by atoms with Crippen molar-refractivity contribution in [3.05, 3.63) is 51.5 Å². The average Bonchev–Trinajstić information content (AvgIpc) is 2.66. The maximum absolute atomic E-state index is 14.1. The van der Waals surface area contributed by atoms with Crippen molar-refractivity contribution >= 4 is 44.5 Å². The topological polar surface area (TPSA) is 43.8 Å². The summed E-state index contributed by atoms with van der Waals surface area (Å²) in [6.07, 6.45) is 0. The first kappa shape index (κ1) is 13.3. The Labute approximate surface area is 126 Å². The van der Waals surface area contributed by atoms with Crippen molar-refractivity contribution in [3.63, 3.8) is 0 Å². The number of halogens is 4. The normalized spacial score (nSPS) is 11.2. The molecule has 0 amide bonds. The fourth-order valence-corrected chi connectivity index (χ4v) is 2.73. The zero-order valence-corrected chi connectivity index (χ0v) is 12.2. The van der Waals surface area contributed by atoms with Gasteiger partial charge in [0.25, 0.3) is 0 Å². The Morgan fingerprint density at radius 2 is 1.85 bits per heavy atom. The monoisotopic (exact) mass is 357 g/mol. The smallest absolute Gasteiger partial charge is 0.206 e. The van der Waals surface area contributed by atoms with Gasteiger partial charge in [-0.25, -0.2) is 13.8 Å². The van der Waals surface area contributed by atoms with Gasteiger partial charge in [0, 0.05) is 4.47 Å². The summed E-state index contributed by atoms with van der Waals surface area (Å²) in [4.78, 5) is 4.07. The lowest BCUT2D eigenvalue weighted by Gasteiger charge is -2.10. The van der Waals surface area contributed by atoms with Gasteiger partial charge in [-0.15, -0.1) is 0 Å². The van der Waals surface area contributed by atoms with Crippen LogP contribution in [0, 0.1) is 11.6 Å². The van der Waals surface area contributed by atoms with E-state index in [0.717, 1.165) is 12.1 Å². The minimum atomic E-state index is -0.761. The molecule has 0 saturated heterocycles. The maximum atomic E-state index is 14.1. The number of nitrogen functional groups attached to an aromatic ring is 1. The number of imidazole rings is 1. The number of aromatic nitrogens is 2. The van der Waals surface area contributed by atoms with Gasteiger partial charge in [-0.05, 0) is 24.3 Å². The van der Waals surface area contributed by atoms with Crippen molar-refractivity contribution in [2.24, 2.45) is 0 Å². The van der Waals surface area contributed by atoms with Crippen LogP contribution in [0.5, 0.6) is 0 Å². The lowest BCUT2D eigenvalue weighted by molar-refractivity contribution is 0.570. The second kappa shape index (κ2) is 4.71. The summed E-state index contributed by atoms with van der Waals surface area (Å²) in [5, 5.41) is 0.313. The minimum absolute atomic E-state index is 0.0341. The molecule has 1 aromatic heterocycles. The number of anilines is 1. The number of nitrogens with two attached hydrogens (primary N) is 1. The van der Waals surface area contributed by atoms with Crippen molar-refractivity contribution in [3.8, 4) is 5.69 Å². The molecule has 0 aliphatic carbocycles. The van der Waals surface area contributed by atoms with E-state index in [2.05, 4.69) is 20.9 Å². The molecule has 0 radical (unpaired) electrons. The largest absolute Gasteiger partial charge is 0.369 e. The van der Waals surface area contributed by atoms with Crippen LogP contribution in [0.15, 0.2) is 34.8 Å². The van der Waals surface area contributed by atoms with E-state index in [0.29, 0.717) is 20.5 Å². The van der Waals surface area contributed by atoms with E-state index in [1.54, 1.807) is 18.2 Å². The summed E-state index contributed by atoms with van der Waals surface area (Å²) < 4.78 is 29.7. The maximum Gasteiger partial charge on any atom is 0.206 e. The van der Waals surface area contributed by atoms with Gasteiger partial charge >= 0.3 is 0 Å². The quantitative estimate of drug-likeness (QED) is 0.705. The second-order valence-electron chi connectivity index (χ2n) is 4.13. The zero-order chi connectivity index (χ0) is 14.4. The van der Waals surface area contributed by atoms with E-state index >= 15 is 0 Å². The Morgan fingerprint density at radius 1 is 1.20 bits per heavy atom. The highest BCUT2D eigenvalue weighted by Crippen LogP contribution is 2.32. The van der Waals surface area contributed by atoms with Crippen molar-refractivity contribution in [1.82, 2.24) is 9.55 Å². The first-order chi connectivity index (χ1) is 9.49. The van der Waals surface area contributed by atoms with E-state index in [1.165, 1.54) is 4.57 Å². The second-order valence-corrected chi connectivity index (χ2v) is 5.45. The van der Waals surface area contributed by atoms with Crippen LogP contribution in [0.25, 0.3) is 16.7 Å². The molecule has 1 heterocycles. The van der Waals surface area contributed by atoms with Crippen molar-refractivity contribution < 1.29 is 8.78 Å². The van der Waals surface area contributed by atoms with Crippen molar-refractivity contribution in [2.45, 2.75) is 0 Å². The van der Waals surface area contributed by atoms with E-state index < -0.39 is 11.6 Å². The molecule has 3 rings (SSSR count). The fourth-order valence-electron chi connectivity index (χ4n) is 2.08. The Kier molecular flexibility index (Phi) is 3.14. The zero-order valence-electron chi connectivity index (χ0n) is 9.87. The Balaban J connectivity index is 2.44.